The van der Waals surface area contributed by atoms with E-state index in [-0.39, 0.29) is 17.5 Å². The van der Waals surface area contributed by atoms with Crippen LogP contribution in [-0.4, -0.2) is 17.9 Å². The summed E-state index contributed by atoms with van der Waals surface area (Å²) in [6.45, 7) is 1.94. The third kappa shape index (κ3) is 2.94. The van der Waals surface area contributed by atoms with E-state index >= 15 is 0 Å². The maximum Gasteiger partial charge on any atom is 0.339 e. The minimum absolute atomic E-state index is 0.115. The molecule has 0 bridgehead atoms. The molecule has 2 rings (SSSR count). The molecule has 0 unspecified atom stereocenters. The lowest BCUT2D eigenvalue weighted by molar-refractivity contribution is -0.135. The number of allylic oxidation sites excluding steroid dienone is 4. The summed E-state index contributed by atoms with van der Waals surface area (Å²) in [6.07, 6.45) is 4.57. The molecule has 0 atom stereocenters. The van der Waals surface area contributed by atoms with Crippen LogP contribution in [0.3, 0.4) is 0 Å². The number of halogens is 1. The standard InChI is InChI=1S/C16H14FO2P/c1-2-3-9-13(17)15(20)14-12(10-19-16(14)18)11-7-5-4-6-8-11/h2-9,20H,10H2,1H3/b3-2-,13-9+. The van der Waals surface area contributed by atoms with E-state index in [4.69, 9.17) is 4.74 Å². The Bertz CT molecular complexity index is 627. The molecule has 0 N–H and O–H groups in total. The smallest absolute Gasteiger partial charge is 0.339 e. The Labute approximate surface area is 119 Å². The minimum Gasteiger partial charge on any atom is -0.457 e. The average molecular weight is 288 g/mol. The van der Waals surface area contributed by atoms with E-state index in [2.05, 4.69) is 8.86 Å². The molecule has 0 saturated carbocycles. The van der Waals surface area contributed by atoms with Crippen molar-refractivity contribution in [2.24, 2.45) is 0 Å². The fourth-order valence-electron chi connectivity index (χ4n) is 1.91. The zero-order valence-electron chi connectivity index (χ0n) is 11.0. The molecule has 1 aromatic rings. The largest absolute Gasteiger partial charge is 0.457 e. The Hall–Kier alpha value is -1.99. The number of ether oxygens (including phenoxy) is 1. The van der Waals surface area contributed by atoms with Crippen molar-refractivity contribution < 1.29 is 13.9 Å². The molecular weight excluding hydrogens is 274 g/mol. The van der Waals surface area contributed by atoms with Gasteiger partial charge in [0.2, 0.25) is 0 Å². The van der Waals surface area contributed by atoms with Crippen molar-refractivity contribution in [3.63, 3.8) is 0 Å². The lowest BCUT2D eigenvalue weighted by atomic mass is 9.99. The summed E-state index contributed by atoms with van der Waals surface area (Å²) in [5.74, 6) is -1.03. The summed E-state index contributed by atoms with van der Waals surface area (Å²) in [4.78, 5) is 11.8. The van der Waals surface area contributed by atoms with Gasteiger partial charge in [0.05, 0.1) is 5.57 Å². The zero-order chi connectivity index (χ0) is 14.5. The van der Waals surface area contributed by atoms with Crippen LogP contribution in [0, 0.1) is 0 Å². The molecular formula is C16H14FO2P. The van der Waals surface area contributed by atoms with Gasteiger partial charge in [0.25, 0.3) is 0 Å². The molecule has 1 aliphatic heterocycles. The number of carbonyl (C=O) groups excluding carboxylic acids is 1. The van der Waals surface area contributed by atoms with E-state index in [0.717, 1.165) is 5.56 Å². The van der Waals surface area contributed by atoms with Gasteiger partial charge in [0.1, 0.15) is 12.4 Å². The summed E-state index contributed by atoms with van der Waals surface area (Å²) >= 11 is 0. The molecule has 0 saturated heterocycles. The number of benzene rings is 1. The van der Waals surface area contributed by atoms with Gasteiger partial charge in [-0.05, 0) is 18.6 Å². The first-order valence-corrected chi connectivity index (χ1v) is 6.68. The molecule has 0 amide bonds. The number of hydrogen-bond donors (Lipinski definition) is 0. The van der Waals surface area contributed by atoms with E-state index in [9.17, 15) is 9.18 Å². The fraction of sp³-hybridized carbons (Fsp3) is 0.125. The van der Waals surface area contributed by atoms with Crippen LogP contribution in [0.25, 0.3) is 5.57 Å². The van der Waals surface area contributed by atoms with Gasteiger partial charge in [0, 0.05) is 10.9 Å². The van der Waals surface area contributed by atoms with Crippen LogP contribution in [0.5, 0.6) is 0 Å². The molecule has 1 aromatic carbocycles. The third-order valence-corrected chi connectivity index (χ3v) is 3.39. The first-order chi connectivity index (χ1) is 9.65. The van der Waals surface area contributed by atoms with Gasteiger partial charge in [-0.2, -0.15) is 0 Å². The van der Waals surface area contributed by atoms with E-state index in [1.54, 1.807) is 19.1 Å². The van der Waals surface area contributed by atoms with Gasteiger partial charge >= 0.3 is 5.97 Å². The van der Waals surface area contributed by atoms with Crippen LogP contribution in [0.2, 0.25) is 0 Å². The molecule has 4 heteroatoms. The maximum atomic E-state index is 14.0. The minimum atomic E-state index is -0.516. The highest BCUT2D eigenvalue weighted by atomic mass is 31.0. The first-order valence-electron chi connectivity index (χ1n) is 6.18. The van der Waals surface area contributed by atoms with Crippen LogP contribution in [0.15, 0.2) is 60.0 Å². The second-order valence-electron chi connectivity index (χ2n) is 4.21. The summed E-state index contributed by atoms with van der Waals surface area (Å²) in [7, 11) is 3.22. The van der Waals surface area contributed by atoms with E-state index < -0.39 is 11.8 Å². The Morgan fingerprint density at radius 1 is 1.35 bits per heavy atom. The Kier molecular flexibility index (Phi) is 4.65. The molecule has 2 nitrogen and oxygen atoms in total. The van der Waals surface area contributed by atoms with Crippen LogP contribution in [0.1, 0.15) is 12.5 Å². The maximum absolute atomic E-state index is 14.0. The summed E-state index contributed by atoms with van der Waals surface area (Å²) in [5.41, 5.74) is 1.78. The second kappa shape index (κ2) is 6.44. The van der Waals surface area contributed by atoms with E-state index in [0.29, 0.717) is 5.57 Å². The van der Waals surface area contributed by atoms with Crippen molar-refractivity contribution >= 4 is 25.7 Å². The molecule has 102 valence electrons. The Balaban J connectivity index is 2.45. The van der Waals surface area contributed by atoms with Crippen molar-refractivity contribution in [2.75, 3.05) is 6.61 Å². The van der Waals surface area contributed by atoms with Crippen molar-refractivity contribution in [1.29, 1.82) is 0 Å². The van der Waals surface area contributed by atoms with Gasteiger partial charge in [-0.15, -0.1) is 8.86 Å². The van der Waals surface area contributed by atoms with E-state index in [1.165, 1.54) is 6.08 Å². The number of hydrogen-bond acceptors (Lipinski definition) is 2. The van der Waals surface area contributed by atoms with E-state index in [1.807, 2.05) is 30.3 Å². The summed E-state index contributed by atoms with van der Waals surface area (Å²) in [6, 6.07) is 9.34. The van der Waals surface area contributed by atoms with Crippen LogP contribution >= 0.6 is 8.86 Å². The number of cyclic esters (lactones) is 1. The van der Waals surface area contributed by atoms with Crippen LogP contribution in [-0.2, 0) is 9.53 Å². The Morgan fingerprint density at radius 2 is 2.05 bits per heavy atom. The molecule has 0 spiro atoms. The van der Waals surface area contributed by atoms with Crippen molar-refractivity contribution in [3.05, 3.63) is 65.5 Å². The monoisotopic (exact) mass is 288 g/mol. The second-order valence-corrected chi connectivity index (χ2v) is 4.71. The molecule has 0 radical (unpaired) electrons. The third-order valence-electron chi connectivity index (χ3n) is 2.90. The predicted octanol–water partition coefficient (Wildman–Crippen LogP) is 3.74. The quantitative estimate of drug-likeness (QED) is 0.479. The summed E-state index contributed by atoms with van der Waals surface area (Å²) in [5, 5.41) is 0.115. The van der Waals surface area contributed by atoms with Crippen molar-refractivity contribution in [1.82, 2.24) is 0 Å². The highest BCUT2D eigenvalue weighted by Gasteiger charge is 2.29. The number of carbonyl (C=O) groups is 1. The van der Waals surface area contributed by atoms with Gasteiger partial charge in [-0.1, -0.05) is 42.5 Å². The first kappa shape index (κ1) is 14.4. The Morgan fingerprint density at radius 3 is 2.70 bits per heavy atom. The molecule has 0 aliphatic carbocycles. The van der Waals surface area contributed by atoms with Crippen molar-refractivity contribution in [3.8, 4) is 0 Å². The number of esters is 1. The average Bonchev–Trinajstić information content (AvgIpc) is 2.86. The highest BCUT2D eigenvalue weighted by Crippen LogP contribution is 2.29. The lowest BCUT2D eigenvalue weighted by Gasteiger charge is -2.04. The molecule has 0 aromatic heterocycles. The SMILES string of the molecule is C/C=C\C=C(\F)C(=P)C1=C(c2ccccc2)COC1=O. The van der Waals surface area contributed by atoms with Gasteiger partial charge in [-0.25, -0.2) is 9.18 Å². The molecule has 0 fully saturated rings. The molecule has 20 heavy (non-hydrogen) atoms. The fourth-order valence-corrected chi connectivity index (χ4v) is 2.24. The predicted molar refractivity (Wildman–Crippen MR) is 81.6 cm³/mol. The molecule has 1 aliphatic rings. The topological polar surface area (TPSA) is 26.3 Å². The van der Waals surface area contributed by atoms with Crippen molar-refractivity contribution in [2.45, 2.75) is 6.92 Å². The van der Waals surface area contributed by atoms with Gasteiger partial charge in [0.15, 0.2) is 0 Å². The lowest BCUT2D eigenvalue weighted by Crippen LogP contribution is -2.09. The number of rotatable bonds is 4. The normalized spacial score (nSPS) is 15.9. The van der Waals surface area contributed by atoms with Gasteiger partial charge < -0.3 is 4.74 Å². The van der Waals surface area contributed by atoms with Gasteiger partial charge in [-0.3, -0.25) is 0 Å². The van der Waals surface area contributed by atoms with Crippen LogP contribution < -0.4 is 0 Å². The highest BCUT2D eigenvalue weighted by molar-refractivity contribution is 7.23. The zero-order valence-corrected chi connectivity index (χ0v) is 12.0. The molecule has 1 heterocycles. The summed E-state index contributed by atoms with van der Waals surface area (Å²) < 4.78 is 19.0. The van der Waals surface area contributed by atoms with Crippen LogP contribution in [0.4, 0.5) is 4.39 Å².